The van der Waals surface area contributed by atoms with E-state index in [1.54, 1.807) is 19.1 Å². The number of anilines is 1. The number of benzene rings is 1. The van der Waals surface area contributed by atoms with E-state index in [-0.39, 0.29) is 12.4 Å². The fraction of sp³-hybridized carbons (Fsp3) is 0.625. The summed E-state index contributed by atoms with van der Waals surface area (Å²) in [6.45, 7) is 2.37. The molecule has 0 radical (unpaired) electrons. The Morgan fingerprint density at radius 3 is 2.29 bits per heavy atom. The maximum absolute atomic E-state index is 11.9. The van der Waals surface area contributed by atoms with Crippen LogP contribution in [0.3, 0.4) is 0 Å². The topological polar surface area (TPSA) is 57.6 Å². The van der Waals surface area contributed by atoms with E-state index in [0.29, 0.717) is 17.5 Å². The second-order valence-corrected chi connectivity index (χ2v) is 7.88. The molecule has 0 heterocycles. The van der Waals surface area contributed by atoms with Gasteiger partial charge in [0.15, 0.2) is 9.84 Å². The van der Waals surface area contributed by atoms with Crippen LogP contribution in [0.5, 0.6) is 0 Å². The molecule has 0 unspecified atom stereocenters. The van der Waals surface area contributed by atoms with Crippen LogP contribution in [0.1, 0.15) is 39.0 Å². The zero-order valence-electron chi connectivity index (χ0n) is 12.7. The van der Waals surface area contributed by atoms with Crippen LogP contribution in [0.25, 0.3) is 0 Å². The van der Waals surface area contributed by atoms with Crippen LogP contribution in [0.2, 0.25) is 0 Å². The zero-order chi connectivity index (χ0) is 15.3. The van der Waals surface area contributed by atoms with Gasteiger partial charge in [0, 0.05) is 18.3 Å². The Hall–Kier alpha value is -1.07. The monoisotopic (exact) mass is 311 g/mol. The molecule has 1 aliphatic rings. The van der Waals surface area contributed by atoms with Crippen LogP contribution < -0.4 is 4.90 Å². The van der Waals surface area contributed by atoms with Gasteiger partial charge in [-0.05, 0) is 37.1 Å². The molecule has 1 fully saturated rings. The summed E-state index contributed by atoms with van der Waals surface area (Å²) < 4.78 is 23.7. The summed E-state index contributed by atoms with van der Waals surface area (Å²) in [7, 11) is -3.15. The number of aliphatic hydroxyl groups is 1. The average molecular weight is 311 g/mol. The van der Waals surface area contributed by atoms with E-state index in [0.717, 1.165) is 18.5 Å². The zero-order valence-corrected chi connectivity index (χ0v) is 13.5. The standard InChI is InChI=1S/C16H25NO3S/c1-2-21(19,20)16-10-8-15(9-11-16)17(12-13-18)14-6-4-3-5-7-14/h8-11,14,18H,2-7,12-13H2,1H3. The van der Waals surface area contributed by atoms with E-state index in [2.05, 4.69) is 4.90 Å². The molecule has 2 rings (SSSR count). The van der Waals surface area contributed by atoms with Gasteiger partial charge in [0.2, 0.25) is 0 Å². The van der Waals surface area contributed by atoms with Gasteiger partial charge >= 0.3 is 0 Å². The van der Waals surface area contributed by atoms with Gasteiger partial charge in [-0.3, -0.25) is 0 Å². The van der Waals surface area contributed by atoms with Crippen molar-refractivity contribution >= 4 is 15.5 Å². The van der Waals surface area contributed by atoms with Crippen molar-refractivity contribution in [3.8, 4) is 0 Å². The van der Waals surface area contributed by atoms with Gasteiger partial charge in [0.25, 0.3) is 0 Å². The normalized spacial score (nSPS) is 16.9. The van der Waals surface area contributed by atoms with Crippen molar-refractivity contribution in [2.75, 3.05) is 23.8 Å². The lowest BCUT2D eigenvalue weighted by Gasteiger charge is -2.36. The Morgan fingerprint density at radius 1 is 1.14 bits per heavy atom. The number of hydrogen-bond donors (Lipinski definition) is 1. The summed E-state index contributed by atoms with van der Waals surface area (Å²) in [5.41, 5.74) is 1.01. The lowest BCUT2D eigenvalue weighted by Crippen LogP contribution is -2.38. The maximum Gasteiger partial charge on any atom is 0.178 e. The predicted molar refractivity (Wildman–Crippen MR) is 85.5 cm³/mol. The molecule has 0 amide bonds. The fourth-order valence-corrected chi connectivity index (χ4v) is 3.92. The minimum Gasteiger partial charge on any atom is -0.395 e. The van der Waals surface area contributed by atoms with Crippen molar-refractivity contribution in [3.63, 3.8) is 0 Å². The van der Waals surface area contributed by atoms with Crippen LogP contribution >= 0.6 is 0 Å². The first-order chi connectivity index (χ1) is 10.1. The molecule has 0 aromatic heterocycles. The Balaban J connectivity index is 2.20. The van der Waals surface area contributed by atoms with Gasteiger partial charge in [-0.15, -0.1) is 0 Å². The van der Waals surface area contributed by atoms with Crippen molar-refractivity contribution in [3.05, 3.63) is 24.3 Å². The lowest BCUT2D eigenvalue weighted by molar-refractivity contribution is 0.290. The number of hydrogen-bond acceptors (Lipinski definition) is 4. The third kappa shape index (κ3) is 3.98. The molecule has 0 saturated heterocycles. The van der Waals surface area contributed by atoms with Crippen LogP contribution in [0.15, 0.2) is 29.2 Å². The van der Waals surface area contributed by atoms with Crippen molar-refractivity contribution < 1.29 is 13.5 Å². The molecule has 118 valence electrons. The van der Waals surface area contributed by atoms with Crippen molar-refractivity contribution in [2.45, 2.75) is 50.0 Å². The molecule has 1 saturated carbocycles. The fourth-order valence-electron chi connectivity index (χ4n) is 3.03. The van der Waals surface area contributed by atoms with Gasteiger partial charge in [0.05, 0.1) is 17.3 Å². The summed E-state index contributed by atoms with van der Waals surface area (Å²) in [6.07, 6.45) is 6.05. The molecule has 1 aromatic rings. The minimum atomic E-state index is -3.15. The first kappa shape index (κ1) is 16.3. The minimum absolute atomic E-state index is 0.117. The largest absolute Gasteiger partial charge is 0.395 e. The van der Waals surface area contributed by atoms with Gasteiger partial charge in [-0.2, -0.15) is 0 Å². The molecular formula is C16H25NO3S. The van der Waals surface area contributed by atoms with Gasteiger partial charge in [-0.1, -0.05) is 26.2 Å². The van der Waals surface area contributed by atoms with E-state index in [1.807, 2.05) is 12.1 Å². The van der Waals surface area contributed by atoms with Crippen LogP contribution in [-0.2, 0) is 9.84 Å². The van der Waals surface area contributed by atoms with Crippen LogP contribution in [-0.4, -0.2) is 38.5 Å². The van der Waals surface area contributed by atoms with Gasteiger partial charge in [0.1, 0.15) is 0 Å². The quantitative estimate of drug-likeness (QED) is 0.877. The molecule has 0 aliphatic heterocycles. The molecule has 0 spiro atoms. The lowest BCUT2D eigenvalue weighted by atomic mass is 9.94. The summed E-state index contributed by atoms with van der Waals surface area (Å²) in [5, 5.41) is 9.31. The van der Waals surface area contributed by atoms with Crippen molar-refractivity contribution in [1.82, 2.24) is 0 Å². The Bertz CT molecular complexity index is 533. The number of nitrogens with zero attached hydrogens (tertiary/aromatic N) is 1. The summed E-state index contributed by atoms with van der Waals surface area (Å²) >= 11 is 0. The highest BCUT2D eigenvalue weighted by Gasteiger charge is 2.21. The molecule has 0 bridgehead atoms. The highest BCUT2D eigenvalue weighted by molar-refractivity contribution is 7.91. The predicted octanol–water partition coefficient (Wildman–Crippen LogP) is 2.61. The maximum atomic E-state index is 11.9. The van der Waals surface area contributed by atoms with Crippen molar-refractivity contribution in [2.24, 2.45) is 0 Å². The first-order valence-electron chi connectivity index (χ1n) is 7.79. The third-order valence-corrected chi connectivity index (χ3v) is 6.01. The highest BCUT2D eigenvalue weighted by atomic mass is 32.2. The van der Waals surface area contributed by atoms with E-state index < -0.39 is 9.84 Å². The Morgan fingerprint density at radius 2 is 1.76 bits per heavy atom. The second kappa shape index (κ2) is 7.27. The molecule has 5 heteroatoms. The van der Waals surface area contributed by atoms with E-state index >= 15 is 0 Å². The average Bonchev–Trinajstić information content (AvgIpc) is 2.53. The second-order valence-electron chi connectivity index (χ2n) is 5.61. The summed E-state index contributed by atoms with van der Waals surface area (Å²) in [6, 6.07) is 7.56. The molecule has 1 N–H and O–H groups in total. The molecule has 1 aliphatic carbocycles. The number of rotatable bonds is 6. The van der Waals surface area contributed by atoms with Crippen molar-refractivity contribution in [1.29, 1.82) is 0 Å². The Labute approximate surface area is 127 Å². The highest BCUT2D eigenvalue weighted by Crippen LogP contribution is 2.28. The van der Waals surface area contributed by atoms with E-state index in [1.165, 1.54) is 19.3 Å². The molecular weight excluding hydrogens is 286 g/mol. The molecule has 0 atom stereocenters. The first-order valence-corrected chi connectivity index (χ1v) is 9.44. The van der Waals surface area contributed by atoms with Gasteiger partial charge in [-0.25, -0.2) is 8.42 Å². The Kier molecular flexibility index (Phi) is 5.65. The van der Waals surface area contributed by atoms with E-state index in [4.69, 9.17) is 0 Å². The summed E-state index contributed by atoms with van der Waals surface area (Å²) in [5.74, 6) is 0.120. The third-order valence-electron chi connectivity index (χ3n) is 4.26. The number of aliphatic hydroxyl groups excluding tert-OH is 1. The molecule has 21 heavy (non-hydrogen) atoms. The number of sulfone groups is 1. The summed E-state index contributed by atoms with van der Waals surface area (Å²) in [4.78, 5) is 2.60. The molecule has 1 aromatic carbocycles. The van der Waals surface area contributed by atoms with E-state index in [9.17, 15) is 13.5 Å². The smallest absolute Gasteiger partial charge is 0.178 e. The van der Waals surface area contributed by atoms with Gasteiger partial charge < -0.3 is 10.0 Å². The van der Waals surface area contributed by atoms with Crippen LogP contribution in [0.4, 0.5) is 5.69 Å². The SMILES string of the molecule is CCS(=O)(=O)c1ccc(N(CCO)C2CCCCC2)cc1. The molecule has 4 nitrogen and oxygen atoms in total. The van der Waals surface area contributed by atoms with Crippen LogP contribution in [0, 0.1) is 0 Å².